The monoisotopic (exact) mass is 399 g/mol. The Bertz CT molecular complexity index is 538. The van der Waals surface area contributed by atoms with E-state index in [4.69, 9.17) is 0 Å². The summed E-state index contributed by atoms with van der Waals surface area (Å²) in [5, 5.41) is 1.76. The van der Waals surface area contributed by atoms with E-state index >= 15 is 0 Å². The topological polar surface area (TPSA) is 55.4 Å². The second-order valence-corrected chi connectivity index (χ2v) is 4.17. The lowest BCUT2D eigenvalue weighted by Crippen LogP contribution is -2.35. The van der Waals surface area contributed by atoms with Crippen LogP contribution in [0.3, 0.4) is 0 Å². The first-order valence-electron chi connectivity index (χ1n) is 5.17. The van der Waals surface area contributed by atoms with Gasteiger partial charge in [0, 0.05) is 4.08 Å². The Morgan fingerprint density at radius 3 is 2.10 bits per heavy atom. The second kappa shape index (κ2) is 6.73. The van der Waals surface area contributed by atoms with Crippen LogP contribution in [-0.4, -0.2) is 25.2 Å². The number of halogens is 4. The van der Waals surface area contributed by atoms with Gasteiger partial charge >= 0.3 is 18.1 Å². The number of nitrogens with one attached hydrogen (secondary N) is 1. The van der Waals surface area contributed by atoms with Gasteiger partial charge in [0.1, 0.15) is 0 Å². The number of amides is 1. The van der Waals surface area contributed by atoms with Crippen molar-refractivity contribution in [3.8, 4) is 0 Å². The normalized spacial score (nSPS) is 11.9. The SMILES string of the molecule is COC(=O)c1ccc(C(=CI)NC(=O)C(F)(F)F)cc1. The van der Waals surface area contributed by atoms with Gasteiger partial charge in [-0.1, -0.05) is 34.7 Å². The van der Waals surface area contributed by atoms with E-state index in [1.54, 1.807) is 27.9 Å². The van der Waals surface area contributed by atoms with Gasteiger partial charge < -0.3 is 10.1 Å². The van der Waals surface area contributed by atoms with Crippen LogP contribution < -0.4 is 5.32 Å². The number of ether oxygens (including phenoxy) is 1. The third-order valence-corrected chi connectivity index (χ3v) is 2.85. The average Bonchev–Trinajstić information content (AvgIpc) is 2.42. The fourth-order valence-corrected chi connectivity index (χ4v) is 1.77. The van der Waals surface area contributed by atoms with Crippen molar-refractivity contribution < 1.29 is 27.5 Å². The average molecular weight is 399 g/mol. The van der Waals surface area contributed by atoms with E-state index in [2.05, 4.69) is 4.74 Å². The van der Waals surface area contributed by atoms with E-state index < -0.39 is 18.1 Å². The molecule has 0 aromatic heterocycles. The zero-order valence-corrected chi connectivity index (χ0v) is 12.3. The van der Waals surface area contributed by atoms with Gasteiger partial charge in [0.2, 0.25) is 0 Å². The molecule has 0 spiro atoms. The molecule has 1 N–H and O–H groups in total. The van der Waals surface area contributed by atoms with E-state index in [1.807, 2.05) is 0 Å². The molecule has 8 heteroatoms. The number of esters is 1. The molecule has 20 heavy (non-hydrogen) atoms. The molecule has 4 nitrogen and oxygen atoms in total. The third kappa shape index (κ3) is 4.22. The van der Waals surface area contributed by atoms with Crippen LogP contribution in [0.2, 0.25) is 0 Å². The molecule has 1 amide bonds. The fraction of sp³-hybridized carbons (Fsp3) is 0.167. The second-order valence-electron chi connectivity index (χ2n) is 3.54. The summed E-state index contributed by atoms with van der Waals surface area (Å²) in [6.07, 6.45) is -4.96. The van der Waals surface area contributed by atoms with Crippen molar-refractivity contribution in [2.75, 3.05) is 7.11 Å². The molecule has 0 unspecified atom stereocenters. The van der Waals surface area contributed by atoms with Gasteiger partial charge in [0.05, 0.1) is 18.4 Å². The van der Waals surface area contributed by atoms with Gasteiger partial charge in [0.25, 0.3) is 0 Å². The van der Waals surface area contributed by atoms with Crippen LogP contribution in [0.1, 0.15) is 15.9 Å². The predicted octanol–water partition coefficient (Wildman–Crippen LogP) is 2.89. The van der Waals surface area contributed by atoms with Gasteiger partial charge in [-0.3, -0.25) is 4.79 Å². The molecule has 108 valence electrons. The highest BCUT2D eigenvalue weighted by Crippen LogP contribution is 2.19. The zero-order valence-electron chi connectivity index (χ0n) is 10.1. The lowest BCUT2D eigenvalue weighted by atomic mass is 10.1. The summed E-state index contributed by atoms with van der Waals surface area (Å²) in [7, 11) is 1.22. The van der Waals surface area contributed by atoms with Crippen molar-refractivity contribution in [1.29, 1.82) is 0 Å². The minimum absolute atomic E-state index is 0.00987. The van der Waals surface area contributed by atoms with E-state index in [0.717, 1.165) is 0 Å². The number of benzene rings is 1. The molecule has 1 aromatic rings. The highest BCUT2D eigenvalue weighted by Gasteiger charge is 2.39. The summed E-state index contributed by atoms with van der Waals surface area (Å²) >= 11 is 1.71. The quantitative estimate of drug-likeness (QED) is 0.629. The van der Waals surface area contributed by atoms with Crippen molar-refractivity contribution in [2.45, 2.75) is 6.18 Å². The lowest BCUT2D eigenvalue weighted by molar-refractivity contribution is -0.172. The Hall–Kier alpha value is -1.58. The minimum Gasteiger partial charge on any atom is -0.465 e. The van der Waals surface area contributed by atoms with E-state index in [9.17, 15) is 22.8 Å². The van der Waals surface area contributed by atoms with Crippen molar-refractivity contribution in [3.63, 3.8) is 0 Å². The van der Waals surface area contributed by atoms with E-state index in [1.165, 1.54) is 35.5 Å². The number of hydrogen-bond acceptors (Lipinski definition) is 3. The van der Waals surface area contributed by atoms with E-state index in [0.29, 0.717) is 5.56 Å². The first kappa shape index (κ1) is 16.5. The van der Waals surface area contributed by atoms with Crippen LogP contribution in [0, 0.1) is 0 Å². The molecule has 0 atom stereocenters. The Labute approximate surface area is 126 Å². The summed E-state index contributed by atoms with van der Waals surface area (Å²) in [5.74, 6) is -2.62. The molecule has 0 radical (unpaired) electrons. The smallest absolute Gasteiger partial charge is 0.465 e. The Morgan fingerprint density at radius 1 is 1.20 bits per heavy atom. The van der Waals surface area contributed by atoms with E-state index in [-0.39, 0.29) is 11.3 Å². The van der Waals surface area contributed by atoms with Crippen molar-refractivity contribution in [2.24, 2.45) is 0 Å². The first-order valence-corrected chi connectivity index (χ1v) is 6.41. The molecule has 1 aromatic carbocycles. The van der Waals surface area contributed by atoms with Gasteiger partial charge in [-0.25, -0.2) is 4.79 Å². The summed E-state index contributed by atoms with van der Waals surface area (Å²) in [6.45, 7) is 0. The van der Waals surface area contributed by atoms with Gasteiger partial charge in [-0.2, -0.15) is 13.2 Å². The Kier molecular flexibility index (Phi) is 5.54. The molecule has 0 bridgehead atoms. The molecule has 0 fully saturated rings. The largest absolute Gasteiger partial charge is 0.471 e. The van der Waals surface area contributed by atoms with Gasteiger partial charge in [0.15, 0.2) is 0 Å². The molecule has 0 aliphatic carbocycles. The molecule has 0 saturated heterocycles. The number of carbonyl (C=O) groups is 2. The molecule has 0 heterocycles. The van der Waals surface area contributed by atoms with Crippen LogP contribution >= 0.6 is 22.6 Å². The maximum atomic E-state index is 12.2. The van der Waals surface area contributed by atoms with Crippen LogP contribution in [0.4, 0.5) is 13.2 Å². The summed E-state index contributed by atoms with van der Waals surface area (Å²) in [4.78, 5) is 22.1. The first-order chi connectivity index (χ1) is 9.29. The number of alkyl halides is 3. The predicted molar refractivity (Wildman–Crippen MR) is 74.0 cm³/mol. The van der Waals surface area contributed by atoms with Crippen molar-refractivity contribution in [3.05, 3.63) is 39.5 Å². The fourth-order valence-electron chi connectivity index (χ4n) is 1.26. The number of methoxy groups -OCH3 is 1. The molecular formula is C12H9F3INO3. The maximum Gasteiger partial charge on any atom is 0.471 e. The summed E-state index contributed by atoms with van der Waals surface area (Å²) in [5.41, 5.74) is 0.584. The molecule has 0 saturated carbocycles. The minimum atomic E-state index is -4.96. The van der Waals surface area contributed by atoms with Crippen LogP contribution in [-0.2, 0) is 9.53 Å². The number of hydrogen-bond donors (Lipinski definition) is 1. The highest BCUT2D eigenvalue weighted by atomic mass is 127. The van der Waals surface area contributed by atoms with Crippen LogP contribution in [0.25, 0.3) is 5.70 Å². The number of carbonyl (C=O) groups excluding carboxylic acids is 2. The summed E-state index contributed by atoms with van der Waals surface area (Å²) < 4.78 is 42.3. The van der Waals surface area contributed by atoms with Crippen molar-refractivity contribution >= 4 is 40.2 Å². The maximum absolute atomic E-state index is 12.2. The highest BCUT2D eigenvalue weighted by molar-refractivity contribution is 14.1. The molecular weight excluding hydrogens is 390 g/mol. The standard InChI is InChI=1S/C12H9F3INO3/c1-20-10(18)8-4-2-7(3-5-8)9(6-16)17-11(19)12(13,14)15/h2-6H,1H3,(H,17,19). The zero-order chi connectivity index (χ0) is 15.3. The van der Waals surface area contributed by atoms with Gasteiger partial charge in [-0.15, -0.1) is 0 Å². The number of rotatable bonds is 3. The van der Waals surface area contributed by atoms with Crippen LogP contribution in [0.5, 0.6) is 0 Å². The molecule has 1 rings (SSSR count). The molecule has 0 aliphatic heterocycles. The Balaban J connectivity index is 2.92. The lowest BCUT2D eigenvalue weighted by Gasteiger charge is -2.11. The van der Waals surface area contributed by atoms with Crippen molar-refractivity contribution in [1.82, 2.24) is 5.32 Å². The third-order valence-electron chi connectivity index (χ3n) is 2.23. The van der Waals surface area contributed by atoms with Gasteiger partial charge in [-0.05, 0) is 17.7 Å². The summed E-state index contributed by atoms with van der Waals surface area (Å²) in [6, 6.07) is 5.60. The Morgan fingerprint density at radius 2 is 1.70 bits per heavy atom. The van der Waals surface area contributed by atoms with Crippen LogP contribution in [0.15, 0.2) is 28.3 Å². The molecule has 0 aliphatic rings.